The number of amides is 3. The second-order valence-corrected chi connectivity index (χ2v) is 8.75. The normalized spacial score (nSPS) is 17.3. The molecule has 1 aliphatic rings. The predicted octanol–water partition coefficient (Wildman–Crippen LogP) is 2.72. The molecule has 1 unspecified atom stereocenters. The first-order chi connectivity index (χ1) is 17.1. The van der Waals surface area contributed by atoms with Gasteiger partial charge in [0.2, 0.25) is 17.6 Å². The van der Waals surface area contributed by atoms with Crippen molar-refractivity contribution >= 4 is 28.7 Å². The van der Waals surface area contributed by atoms with Gasteiger partial charge in [-0.25, -0.2) is 8.78 Å². The third-order valence-corrected chi connectivity index (χ3v) is 6.14. The molecular weight excluding hydrogens is 476 g/mol. The summed E-state index contributed by atoms with van der Waals surface area (Å²) in [5.41, 5.74) is -1.38. The molecule has 9 nitrogen and oxygen atoms in total. The molecular formula is C25H25F2N3O6. The van der Waals surface area contributed by atoms with E-state index in [1.54, 1.807) is 6.07 Å². The number of fused-ring (bicyclic) bond motifs is 3. The van der Waals surface area contributed by atoms with Gasteiger partial charge in [-0.2, -0.15) is 0 Å². The Hall–Kier alpha value is -4.15. The summed E-state index contributed by atoms with van der Waals surface area (Å²) in [5.74, 6) is -3.13. The van der Waals surface area contributed by atoms with Gasteiger partial charge in [-0.3, -0.25) is 14.4 Å². The molecule has 0 bridgehead atoms. The van der Waals surface area contributed by atoms with Gasteiger partial charge in [0.05, 0.1) is 12.5 Å². The summed E-state index contributed by atoms with van der Waals surface area (Å²) in [6, 6.07) is 7.95. The fourth-order valence-corrected chi connectivity index (χ4v) is 3.94. The quantitative estimate of drug-likeness (QED) is 0.558. The topological polar surface area (TPSA) is 101 Å². The summed E-state index contributed by atoms with van der Waals surface area (Å²) < 4.78 is 45.0. The number of nitrogens with zero attached hydrogens (tertiary/aromatic N) is 2. The summed E-state index contributed by atoms with van der Waals surface area (Å²) in [6.07, 6.45) is 0. The number of likely N-dealkylation sites (N-methyl/N-ethyl adjacent to an activating group) is 1. The average Bonchev–Trinajstić information content (AvgIpc) is 3.16. The number of rotatable bonds is 6. The lowest BCUT2D eigenvalue weighted by atomic mass is 9.98. The van der Waals surface area contributed by atoms with Crippen molar-refractivity contribution in [3.63, 3.8) is 0 Å². The Morgan fingerprint density at radius 1 is 1.22 bits per heavy atom. The van der Waals surface area contributed by atoms with Gasteiger partial charge in [0.15, 0.2) is 11.3 Å². The van der Waals surface area contributed by atoms with Crippen molar-refractivity contribution in [3.05, 3.63) is 59.4 Å². The highest BCUT2D eigenvalue weighted by Gasteiger charge is 2.48. The number of carbonyl (C=O) groups excluding carboxylic acids is 3. The maximum Gasteiger partial charge on any atom is 0.295 e. The minimum atomic E-state index is -1.71. The van der Waals surface area contributed by atoms with Gasteiger partial charge in [0, 0.05) is 26.2 Å². The van der Waals surface area contributed by atoms with Gasteiger partial charge in [-0.05, 0) is 37.3 Å². The van der Waals surface area contributed by atoms with Crippen molar-refractivity contribution in [1.29, 1.82) is 0 Å². The maximum atomic E-state index is 14.4. The fourth-order valence-electron chi connectivity index (χ4n) is 3.94. The number of halogens is 2. The van der Waals surface area contributed by atoms with Gasteiger partial charge in [-0.1, -0.05) is 6.07 Å². The minimum Gasteiger partial charge on any atom is -0.496 e. The van der Waals surface area contributed by atoms with E-state index in [4.69, 9.17) is 13.9 Å². The zero-order valence-corrected chi connectivity index (χ0v) is 20.2. The lowest BCUT2D eigenvalue weighted by Gasteiger charge is -2.37. The molecule has 1 aliphatic heterocycles. The Labute approximate surface area is 205 Å². The third-order valence-electron chi connectivity index (χ3n) is 6.14. The van der Waals surface area contributed by atoms with Crippen LogP contribution in [0.2, 0.25) is 0 Å². The van der Waals surface area contributed by atoms with Gasteiger partial charge in [-0.15, -0.1) is 0 Å². The highest BCUT2D eigenvalue weighted by molar-refractivity contribution is 6.06. The Morgan fingerprint density at radius 2 is 1.97 bits per heavy atom. The molecule has 4 rings (SSSR count). The Bertz CT molecular complexity index is 1360. The van der Waals surface area contributed by atoms with E-state index in [0.717, 1.165) is 11.0 Å². The molecule has 2 heterocycles. The van der Waals surface area contributed by atoms with Crippen molar-refractivity contribution in [1.82, 2.24) is 15.1 Å². The van der Waals surface area contributed by atoms with Gasteiger partial charge >= 0.3 is 0 Å². The zero-order chi connectivity index (χ0) is 26.2. The van der Waals surface area contributed by atoms with Crippen LogP contribution >= 0.6 is 0 Å². The Morgan fingerprint density at radius 3 is 2.67 bits per heavy atom. The van der Waals surface area contributed by atoms with E-state index in [1.165, 1.54) is 57.3 Å². The Balaban J connectivity index is 1.71. The molecule has 36 heavy (non-hydrogen) atoms. The SMILES string of the molecule is COc1cccc(F)c1CNC(=O)C1(C)COc2c(oc3ccc(F)cc23)C(=O)N1CC(=O)N(C)C. The number of benzene rings is 2. The molecule has 0 spiro atoms. The van der Waals surface area contributed by atoms with E-state index in [0.29, 0.717) is 0 Å². The smallest absolute Gasteiger partial charge is 0.295 e. The highest BCUT2D eigenvalue weighted by atomic mass is 19.1. The molecule has 11 heteroatoms. The standard InChI is InChI=1S/C25H25F2N3O6/c1-25(24(33)28-11-16-17(27)6-5-7-18(16)34-4)13-35-21-15-10-14(26)8-9-19(15)36-22(21)23(32)30(25)12-20(31)29(2)3/h5-10H,11-13H2,1-4H3,(H,28,33). The van der Waals surface area contributed by atoms with Crippen molar-refractivity contribution in [2.45, 2.75) is 19.0 Å². The number of nitrogens with one attached hydrogen (secondary N) is 1. The van der Waals surface area contributed by atoms with Crippen LogP contribution in [0, 0.1) is 11.6 Å². The number of hydrogen-bond acceptors (Lipinski definition) is 6. The first-order valence-electron chi connectivity index (χ1n) is 11.0. The fraction of sp³-hybridized carbons (Fsp3) is 0.320. The van der Waals surface area contributed by atoms with Gasteiger partial charge in [0.25, 0.3) is 5.91 Å². The van der Waals surface area contributed by atoms with Crippen LogP contribution in [0.15, 0.2) is 40.8 Å². The second kappa shape index (κ2) is 9.48. The van der Waals surface area contributed by atoms with E-state index >= 15 is 0 Å². The van der Waals surface area contributed by atoms with Crippen LogP contribution in [0.25, 0.3) is 11.0 Å². The Kier molecular flexibility index (Phi) is 6.57. The third kappa shape index (κ3) is 4.32. The number of carbonyl (C=O) groups is 3. The van der Waals surface area contributed by atoms with E-state index < -0.39 is 41.4 Å². The largest absolute Gasteiger partial charge is 0.496 e. The van der Waals surface area contributed by atoms with Crippen LogP contribution in [-0.4, -0.2) is 67.4 Å². The number of methoxy groups -OCH3 is 1. The van der Waals surface area contributed by atoms with Crippen LogP contribution in [0.5, 0.6) is 11.5 Å². The molecule has 0 radical (unpaired) electrons. The van der Waals surface area contributed by atoms with Crippen molar-refractivity contribution in [3.8, 4) is 11.5 Å². The maximum absolute atomic E-state index is 14.4. The predicted molar refractivity (Wildman–Crippen MR) is 125 cm³/mol. The molecule has 2 aromatic carbocycles. The van der Waals surface area contributed by atoms with E-state index in [1.807, 2.05) is 0 Å². The summed E-state index contributed by atoms with van der Waals surface area (Å²) >= 11 is 0. The van der Waals surface area contributed by atoms with E-state index in [2.05, 4.69) is 5.32 Å². The molecule has 1 atom stereocenters. The van der Waals surface area contributed by atoms with Crippen LogP contribution in [0.4, 0.5) is 8.78 Å². The first kappa shape index (κ1) is 25.0. The van der Waals surface area contributed by atoms with E-state index in [9.17, 15) is 23.2 Å². The second-order valence-electron chi connectivity index (χ2n) is 8.75. The summed E-state index contributed by atoms with van der Waals surface area (Å²) in [5, 5.41) is 2.84. The number of hydrogen-bond donors (Lipinski definition) is 1. The van der Waals surface area contributed by atoms with Crippen LogP contribution < -0.4 is 14.8 Å². The van der Waals surface area contributed by atoms with E-state index in [-0.39, 0.29) is 46.9 Å². The van der Waals surface area contributed by atoms with Crippen molar-refractivity contribution in [2.24, 2.45) is 0 Å². The number of furan rings is 1. The first-order valence-corrected chi connectivity index (χ1v) is 11.0. The van der Waals surface area contributed by atoms with Crippen LogP contribution in [-0.2, 0) is 16.1 Å². The average molecular weight is 501 g/mol. The molecule has 1 N–H and O–H groups in total. The van der Waals surface area contributed by atoms with Gasteiger partial charge < -0.3 is 29.0 Å². The lowest BCUT2D eigenvalue weighted by Crippen LogP contribution is -2.62. The molecule has 0 aliphatic carbocycles. The highest BCUT2D eigenvalue weighted by Crippen LogP contribution is 2.38. The molecule has 1 aromatic heterocycles. The van der Waals surface area contributed by atoms with Crippen molar-refractivity contribution < 1.29 is 37.1 Å². The monoisotopic (exact) mass is 501 g/mol. The summed E-state index contributed by atoms with van der Waals surface area (Å²) in [7, 11) is 4.40. The van der Waals surface area contributed by atoms with Crippen LogP contribution in [0.3, 0.4) is 0 Å². The molecule has 0 saturated carbocycles. The van der Waals surface area contributed by atoms with Crippen molar-refractivity contribution in [2.75, 3.05) is 34.4 Å². The van der Waals surface area contributed by atoms with Crippen LogP contribution in [0.1, 0.15) is 23.0 Å². The summed E-state index contributed by atoms with van der Waals surface area (Å²) in [4.78, 5) is 42.1. The number of ether oxygens (including phenoxy) is 2. The molecule has 0 saturated heterocycles. The zero-order valence-electron chi connectivity index (χ0n) is 20.2. The molecule has 190 valence electrons. The minimum absolute atomic E-state index is 0.0240. The molecule has 0 fully saturated rings. The molecule has 3 amide bonds. The van der Waals surface area contributed by atoms with Gasteiger partial charge in [0.1, 0.15) is 36.1 Å². The lowest BCUT2D eigenvalue weighted by molar-refractivity contribution is -0.137. The molecule has 3 aromatic rings. The summed E-state index contributed by atoms with van der Waals surface area (Å²) in [6.45, 7) is 0.340.